The number of amides is 1. The van der Waals surface area contributed by atoms with Crippen molar-refractivity contribution in [3.05, 3.63) is 65.5 Å². The van der Waals surface area contributed by atoms with Crippen molar-refractivity contribution in [3.63, 3.8) is 0 Å². The van der Waals surface area contributed by atoms with Crippen molar-refractivity contribution < 1.29 is 4.79 Å². The quantitative estimate of drug-likeness (QED) is 0.771. The molecule has 0 saturated heterocycles. The molecule has 1 heterocycles. The minimum atomic E-state index is -0.279. The van der Waals surface area contributed by atoms with E-state index in [1.807, 2.05) is 56.3 Å². The van der Waals surface area contributed by atoms with Gasteiger partial charge in [-0.05, 0) is 30.2 Å². The van der Waals surface area contributed by atoms with Gasteiger partial charge in [0.1, 0.15) is 11.9 Å². The molecule has 1 aromatic heterocycles. The number of carbonyl (C=O) groups excluding carboxylic acids is 1. The molecule has 0 fully saturated rings. The number of H-pyrrole nitrogens is 1. The Labute approximate surface area is 136 Å². The van der Waals surface area contributed by atoms with Crippen LogP contribution in [0.25, 0.3) is 11.0 Å². The van der Waals surface area contributed by atoms with Crippen LogP contribution in [0.5, 0.6) is 0 Å². The average molecular weight is 307 g/mol. The molecule has 4 nitrogen and oxygen atoms in total. The summed E-state index contributed by atoms with van der Waals surface area (Å²) in [6.07, 6.45) is 0. The smallest absolute Gasteiger partial charge is 0.223 e. The van der Waals surface area contributed by atoms with Gasteiger partial charge in [0.25, 0.3) is 0 Å². The number of benzene rings is 2. The predicted octanol–water partition coefficient (Wildman–Crippen LogP) is 3.73. The highest BCUT2D eigenvalue weighted by molar-refractivity contribution is 5.79. The zero-order chi connectivity index (χ0) is 16.4. The largest absolute Gasteiger partial charge is 0.342 e. The van der Waals surface area contributed by atoms with Gasteiger partial charge in [0.15, 0.2) is 0 Å². The lowest BCUT2D eigenvalue weighted by Gasteiger charge is -2.18. The van der Waals surface area contributed by atoms with Gasteiger partial charge in [-0.2, -0.15) is 0 Å². The highest BCUT2D eigenvalue weighted by atomic mass is 16.1. The third kappa shape index (κ3) is 3.26. The molecule has 0 aliphatic heterocycles. The lowest BCUT2D eigenvalue weighted by Crippen LogP contribution is -2.33. The van der Waals surface area contributed by atoms with Crippen molar-refractivity contribution in [2.45, 2.75) is 26.8 Å². The normalized spacial score (nSPS) is 12.5. The van der Waals surface area contributed by atoms with Gasteiger partial charge in [-0.1, -0.05) is 50.2 Å². The van der Waals surface area contributed by atoms with Crippen LogP contribution in [0.1, 0.15) is 36.8 Å². The van der Waals surface area contributed by atoms with Crippen LogP contribution in [-0.2, 0) is 4.79 Å². The van der Waals surface area contributed by atoms with Crippen molar-refractivity contribution in [1.82, 2.24) is 15.3 Å². The molecule has 3 rings (SSSR count). The summed E-state index contributed by atoms with van der Waals surface area (Å²) in [6.45, 7) is 5.83. The summed E-state index contributed by atoms with van der Waals surface area (Å²) >= 11 is 0. The van der Waals surface area contributed by atoms with Gasteiger partial charge in [-0.25, -0.2) is 4.98 Å². The molecule has 0 aliphatic carbocycles. The van der Waals surface area contributed by atoms with Crippen LogP contribution in [-0.4, -0.2) is 15.9 Å². The fourth-order valence-electron chi connectivity index (χ4n) is 2.54. The van der Waals surface area contributed by atoms with E-state index in [0.29, 0.717) is 0 Å². The van der Waals surface area contributed by atoms with Crippen LogP contribution in [0.2, 0.25) is 0 Å². The molecule has 1 unspecified atom stereocenters. The molecule has 3 aromatic rings. The van der Waals surface area contributed by atoms with Gasteiger partial charge in [-0.3, -0.25) is 4.79 Å². The second kappa shape index (κ2) is 6.24. The highest BCUT2D eigenvalue weighted by Gasteiger charge is 2.21. The molecule has 118 valence electrons. The van der Waals surface area contributed by atoms with E-state index in [-0.39, 0.29) is 17.9 Å². The van der Waals surface area contributed by atoms with E-state index in [2.05, 4.69) is 28.3 Å². The monoisotopic (exact) mass is 307 g/mol. The summed E-state index contributed by atoms with van der Waals surface area (Å²) in [7, 11) is 0. The Hall–Kier alpha value is -2.62. The number of hydrogen-bond donors (Lipinski definition) is 2. The summed E-state index contributed by atoms with van der Waals surface area (Å²) in [4.78, 5) is 20.2. The van der Waals surface area contributed by atoms with E-state index in [1.165, 1.54) is 5.56 Å². The van der Waals surface area contributed by atoms with Crippen molar-refractivity contribution >= 4 is 16.9 Å². The highest BCUT2D eigenvalue weighted by Crippen LogP contribution is 2.23. The number of nitrogens with one attached hydrogen (secondary N) is 2. The SMILES string of the molecule is Cc1ccc2nc(C(NC(=O)C(C)C)c3ccccc3)[nH]c2c1. The number of rotatable bonds is 4. The first-order valence-corrected chi connectivity index (χ1v) is 7.86. The Morgan fingerprint density at radius 3 is 2.57 bits per heavy atom. The van der Waals surface area contributed by atoms with Crippen molar-refractivity contribution in [1.29, 1.82) is 0 Å². The molecule has 23 heavy (non-hydrogen) atoms. The summed E-state index contributed by atoms with van der Waals surface area (Å²) in [5.74, 6) is 0.689. The third-order valence-corrected chi connectivity index (χ3v) is 3.87. The molecule has 1 amide bonds. The van der Waals surface area contributed by atoms with Gasteiger partial charge in [-0.15, -0.1) is 0 Å². The summed E-state index contributed by atoms with van der Waals surface area (Å²) in [5.41, 5.74) is 4.08. The maximum Gasteiger partial charge on any atom is 0.223 e. The average Bonchev–Trinajstić information content (AvgIpc) is 2.95. The first-order chi connectivity index (χ1) is 11.0. The minimum absolute atomic E-state index is 0.00971. The predicted molar refractivity (Wildman–Crippen MR) is 92.1 cm³/mol. The summed E-state index contributed by atoms with van der Waals surface area (Å²) < 4.78 is 0. The zero-order valence-corrected chi connectivity index (χ0v) is 13.6. The van der Waals surface area contributed by atoms with Gasteiger partial charge in [0, 0.05) is 5.92 Å². The molecular formula is C19H21N3O. The number of aromatic amines is 1. The molecule has 2 aromatic carbocycles. The lowest BCUT2D eigenvalue weighted by atomic mass is 10.1. The first-order valence-electron chi connectivity index (χ1n) is 7.86. The lowest BCUT2D eigenvalue weighted by molar-refractivity contribution is -0.124. The molecule has 0 spiro atoms. The minimum Gasteiger partial charge on any atom is -0.342 e. The van der Waals surface area contributed by atoms with Crippen LogP contribution < -0.4 is 5.32 Å². The summed E-state index contributed by atoms with van der Waals surface area (Å²) in [6, 6.07) is 15.7. The Balaban J connectivity index is 2.04. The van der Waals surface area contributed by atoms with Gasteiger partial charge in [0.05, 0.1) is 11.0 Å². The Morgan fingerprint density at radius 1 is 1.13 bits per heavy atom. The second-order valence-corrected chi connectivity index (χ2v) is 6.15. The molecule has 1 atom stereocenters. The third-order valence-electron chi connectivity index (χ3n) is 3.87. The van der Waals surface area contributed by atoms with E-state index in [4.69, 9.17) is 0 Å². The molecule has 2 N–H and O–H groups in total. The fourth-order valence-corrected chi connectivity index (χ4v) is 2.54. The van der Waals surface area contributed by atoms with E-state index in [0.717, 1.165) is 22.4 Å². The van der Waals surface area contributed by atoms with E-state index >= 15 is 0 Å². The van der Waals surface area contributed by atoms with Crippen molar-refractivity contribution in [3.8, 4) is 0 Å². The van der Waals surface area contributed by atoms with Gasteiger partial charge >= 0.3 is 0 Å². The number of imidazole rings is 1. The topological polar surface area (TPSA) is 57.8 Å². The van der Waals surface area contributed by atoms with E-state index in [1.54, 1.807) is 0 Å². The number of nitrogens with zero attached hydrogens (tertiary/aromatic N) is 1. The van der Waals surface area contributed by atoms with Crippen LogP contribution >= 0.6 is 0 Å². The van der Waals surface area contributed by atoms with E-state index < -0.39 is 0 Å². The molecule has 4 heteroatoms. The number of carbonyl (C=O) groups is 1. The number of hydrogen-bond acceptors (Lipinski definition) is 2. The first kappa shape index (κ1) is 15.3. The molecule has 0 saturated carbocycles. The maximum absolute atomic E-state index is 12.2. The van der Waals surface area contributed by atoms with Crippen LogP contribution in [0, 0.1) is 12.8 Å². The van der Waals surface area contributed by atoms with Crippen LogP contribution in [0.4, 0.5) is 0 Å². The van der Waals surface area contributed by atoms with Gasteiger partial charge < -0.3 is 10.3 Å². The number of aryl methyl sites for hydroxylation is 1. The standard InChI is InChI=1S/C19H21N3O/c1-12(2)19(23)22-17(14-7-5-4-6-8-14)18-20-15-10-9-13(3)11-16(15)21-18/h4-12,17H,1-3H3,(H,20,21)(H,22,23). The second-order valence-electron chi connectivity index (χ2n) is 6.15. The number of aromatic nitrogens is 2. The Kier molecular flexibility index (Phi) is 4.15. The zero-order valence-electron chi connectivity index (χ0n) is 13.6. The molecular weight excluding hydrogens is 286 g/mol. The van der Waals surface area contributed by atoms with Crippen molar-refractivity contribution in [2.75, 3.05) is 0 Å². The Morgan fingerprint density at radius 2 is 1.87 bits per heavy atom. The fraction of sp³-hybridized carbons (Fsp3) is 0.263. The molecule has 0 bridgehead atoms. The summed E-state index contributed by atoms with van der Waals surface area (Å²) in [5, 5.41) is 3.09. The number of fused-ring (bicyclic) bond motifs is 1. The molecule has 0 aliphatic rings. The van der Waals surface area contributed by atoms with Crippen LogP contribution in [0.3, 0.4) is 0 Å². The van der Waals surface area contributed by atoms with Gasteiger partial charge in [0.2, 0.25) is 5.91 Å². The molecule has 0 radical (unpaired) electrons. The van der Waals surface area contributed by atoms with E-state index in [9.17, 15) is 4.79 Å². The Bertz CT molecular complexity index is 821. The van der Waals surface area contributed by atoms with Crippen molar-refractivity contribution in [2.24, 2.45) is 5.92 Å². The maximum atomic E-state index is 12.2. The van der Waals surface area contributed by atoms with Crippen LogP contribution in [0.15, 0.2) is 48.5 Å².